The molecule has 264 valence electrons. The number of rotatable bonds is 7. The van der Waals surface area contributed by atoms with Gasteiger partial charge in [0.2, 0.25) is 5.89 Å². The number of oxazole rings is 1. The van der Waals surface area contributed by atoms with Crippen molar-refractivity contribution >= 4 is 98.3 Å². The molecule has 9 aromatic carbocycles. The molecule has 0 aliphatic carbocycles. The molecule has 0 saturated carbocycles. The molecular formula is C51H33N3OS. The summed E-state index contributed by atoms with van der Waals surface area (Å²) in [6.45, 7) is 0. The highest BCUT2D eigenvalue weighted by atomic mass is 32.1. The third-order valence-electron chi connectivity index (χ3n) is 10.6. The van der Waals surface area contributed by atoms with Gasteiger partial charge in [0.05, 0.1) is 16.1 Å². The van der Waals surface area contributed by atoms with Crippen LogP contribution in [0.25, 0.3) is 64.3 Å². The summed E-state index contributed by atoms with van der Waals surface area (Å²) in [4.78, 5) is 9.94. The van der Waals surface area contributed by atoms with Gasteiger partial charge < -0.3 is 14.2 Å². The van der Waals surface area contributed by atoms with E-state index < -0.39 is 0 Å². The molecule has 56 heavy (non-hydrogen) atoms. The summed E-state index contributed by atoms with van der Waals surface area (Å²) in [7, 11) is 0. The van der Waals surface area contributed by atoms with E-state index in [-0.39, 0.29) is 0 Å². The Balaban J connectivity index is 1.20. The molecular weight excluding hydrogens is 703 g/mol. The molecule has 0 aliphatic rings. The maximum atomic E-state index is 6.71. The molecule has 0 bridgehead atoms. The normalized spacial score (nSPS) is 11.6. The maximum absolute atomic E-state index is 6.71. The van der Waals surface area contributed by atoms with Crippen molar-refractivity contribution in [3.05, 3.63) is 200 Å². The van der Waals surface area contributed by atoms with Crippen molar-refractivity contribution in [2.75, 3.05) is 9.80 Å². The van der Waals surface area contributed by atoms with Gasteiger partial charge in [0.25, 0.3) is 0 Å². The SMILES string of the molecule is c1ccc(-c2nc3c(cc(N(c4ccccc4)c4ccc5ccccc5c4)c4ccc(N(c5ccccc5)c5cccc6c5sc5ccccc56)cc43)o2)cc1. The minimum absolute atomic E-state index is 0.594. The van der Waals surface area contributed by atoms with Gasteiger partial charge in [-0.05, 0) is 83.6 Å². The second kappa shape index (κ2) is 13.3. The van der Waals surface area contributed by atoms with Gasteiger partial charge in [-0.25, -0.2) is 4.98 Å². The molecule has 0 aliphatic heterocycles. The first-order chi connectivity index (χ1) is 27.8. The van der Waals surface area contributed by atoms with Crippen LogP contribution in [0, 0.1) is 0 Å². The zero-order valence-corrected chi connectivity index (χ0v) is 31.0. The monoisotopic (exact) mass is 735 g/mol. The summed E-state index contributed by atoms with van der Waals surface area (Å²) in [6, 6.07) is 70.9. The number of anilines is 6. The first-order valence-electron chi connectivity index (χ1n) is 18.8. The van der Waals surface area contributed by atoms with Gasteiger partial charge in [-0.1, -0.05) is 121 Å². The first-order valence-corrected chi connectivity index (χ1v) is 19.6. The fourth-order valence-electron chi connectivity index (χ4n) is 8.04. The highest BCUT2D eigenvalue weighted by Gasteiger charge is 2.23. The number of benzene rings is 9. The summed E-state index contributed by atoms with van der Waals surface area (Å²) in [5.74, 6) is 0.594. The van der Waals surface area contributed by atoms with Crippen molar-refractivity contribution in [2.45, 2.75) is 0 Å². The van der Waals surface area contributed by atoms with E-state index in [1.165, 1.54) is 30.9 Å². The van der Waals surface area contributed by atoms with Crippen LogP contribution < -0.4 is 9.80 Å². The largest absolute Gasteiger partial charge is 0.436 e. The van der Waals surface area contributed by atoms with Gasteiger partial charge in [-0.2, -0.15) is 0 Å². The lowest BCUT2D eigenvalue weighted by molar-refractivity contribution is 0.620. The fraction of sp³-hybridized carbons (Fsp3) is 0. The Hall–Kier alpha value is -7.21. The molecule has 2 heterocycles. The zero-order chi connectivity index (χ0) is 37.0. The fourth-order valence-corrected chi connectivity index (χ4v) is 9.24. The smallest absolute Gasteiger partial charge is 0.227 e. The highest BCUT2D eigenvalue weighted by Crippen LogP contribution is 2.48. The summed E-state index contributed by atoms with van der Waals surface area (Å²) in [6.07, 6.45) is 0. The first kappa shape index (κ1) is 32.2. The molecule has 0 saturated heterocycles. The van der Waals surface area contributed by atoms with Crippen molar-refractivity contribution in [2.24, 2.45) is 0 Å². The van der Waals surface area contributed by atoms with Crippen molar-refractivity contribution in [3.8, 4) is 11.5 Å². The molecule has 0 atom stereocenters. The van der Waals surface area contributed by atoms with E-state index in [1.54, 1.807) is 0 Å². The van der Waals surface area contributed by atoms with Crippen LogP contribution in [0.2, 0.25) is 0 Å². The van der Waals surface area contributed by atoms with E-state index >= 15 is 0 Å². The molecule has 0 spiro atoms. The van der Waals surface area contributed by atoms with E-state index in [2.05, 4.69) is 180 Å². The Morgan fingerprint density at radius 3 is 1.82 bits per heavy atom. The predicted octanol–water partition coefficient (Wildman–Crippen LogP) is 15.1. The van der Waals surface area contributed by atoms with E-state index in [9.17, 15) is 0 Å². The number of fused-ring (bicyclic) bond motifs is 7. The van der Waals surface area contributed by atoms with Gasteiger partial charge >= 0.3 is 0 Å². The molecule has 2 aromatic heterocycles. The summed E-state index contributed by atoms with van der Waals surface area (Å²) in [5, 5.41) is 6.99. The number of hydrogen-bond donors (Lipinski definition) is 0. The van der Waals surface area contributed by atoms with Crippen molar-refractivity contribution in [1.82, 2.24) is 4.98 Å². The highest BCUT2D eigenvalue weighted by molar-refractivity contribution is 7.26. The van der Waals surface area contributed by atoms with Crippen LogP contribution in [-0.2, 0) is 0 Å². The topological polar surface area (TPSA) is 32.5 Å². The summed E-state index contributed by atoms with van der Waals surface area (Å²) < 4.78 is 9.23. The van der Waals surface area contributed by atoms with Crippen LogP contribution in [0.5, 0.6) is 0 Å². The molecule has 0 amide bonds. The van der Waals surface area contributed by atoms with Crippen LogP contribution in [0.1, 0.15) is 0 Å². The zero-order valence-electron chi connectivity index (χ0n) is 30.2. The lowest BCUT2D eigenvalue weighted by Gasteiger charge is -2.29. The minimum atomic E-state index is 0.594. The van der Waals surface area contributed by atoms with Gasteiger partial charge in [-0.3, -0.25) is 0 Å². The number of para-hydroxylation sites is 2. The Labute approximate surface area is 327 Å². The van der Waals surface area contributed by atoms with Gasteiger partial charge in [-0.15, -0.1) is 11.3 Å². The van der Waals surface area contributed by atoms with E-state index in [1.807, 2.05) is 41.7 Å². The standard InChI is InChI=1S/C51H33N3OS/c1-4-16-35(17-5-1)51-52-49-44-32-40(53(37-19-6-2-7-20-37)45-25-14-24-43-42-23-12-13-26-48(42)56-50(43)45)29-30-41(44)46(33-47(49)55-51)54(38-21-8-3-9-22-38)39-28-27-34-15-10-11-18-36(34)31-39/h1-33H. The molecule has 0 fully saturated rings. The van der Waals surface area contributed by atoms with E-state index in [0.29, 0.717) is 5.89 Å². The Kier molecular flexibility index (Phi) is 7.64. The summed E-state index contributed by atoms with van der Waals surface area (Å²) >= 11 is 1.84. The Morgan fingerprint density at radius 1 is 0.411 bits per heavy atom. The number of thiophene rings is 1. The lowest BCUT2D eigenvalue weighted by atomic mass is 10.0. The van der Waals surface area contributed by atoms with Crippen LogP contribution in [0.4, 0.5) is 34.1 Å². The average molecular weight is 736 g/mol. The maximum Gasteiger partial charge on any atom is 0.227 e. The van der Waals surface area contributed by atoms with Gasteiger partial charge in [0.1, 0.15) is 5.52 Å². The number of aromatic nitrogens is 1. The molecule has 0 radical (unpaired) electrons. The van der Waals surface area contributed by atoms with Crippen LogP contribution in [0.3, 0.4) is 0 Å². The molecule has 0 N–H and O–H groups in total. The number of nitrogens with zero attached hydrogens (tertiary/aromatic N) is 3. The molecule has 4 nitrogen and oxygen atoms in total. The van der Waals surface area contributed by atoms with Crippen molar-refractivity contribution in [3.63, 3.8) is 0 Å². The van der Waals surface area contributed by atoms with Crippen LogP contribution >= 0.6 is 11.3 Å². The minimum Gasteiger partial charge on any atom is -0.436 e. The van der Waals surface area contributed by atoms with E-state index in [0.717, 1.165) is 61.6 Å². The molecule has 0 unspecified atom stereocenters. The summed E-state index contributed by atoms with van der Waals surface area (Å²) in [5.41, 5.74) is 8.86. The average Bonchev–Trinajstić information content (AvgIpc) is 3.88. The van der Waals surface area contributed by atoms with Crippen LogP contribution in [-0.4, -0.2) is 4.98 Å². The van der Waals surface area contributed by atoms with Gasteiger partial charge in [0.15, 0.2) is 5.58 Å². The third kappa shape index (κ3) is 5.40. The Morgan fingerprint density at radius 2 is 1.04 bits per heavy atom. The van der Waals surface area contributed by atoms with Crippen molar-refractivity contribution in [1.29, 1.82) is 0 Å². The molecule has 5 heteroatoms. The molecule has 11 rings (SSSR count). The van der Waals surface area contributed by atoms with Crippen molar-refractivity contribution < 1.29 is 4.42 Å². The second-order valence-corrected chi connectivity index (χ2v) is 15.0. The molecule has 11 aromatic rings. The third-order valence-corrected chi connectivity index (χ3v) is 11.8. The Bertz CT molecular complexity index is 3210. The quantitative estimate of drug-likeness (QED) is 0.163. The predicted molar refractivity (Wildman–Crippen MR) is 237 cm³/mol. The van der Waals surface area contributed by atoms with Gasteiger partial charge in [0, 0.05) is 60.6 Å². The second-order valence-electron chi connectivity index (χ2n) is 14.0. The van der Waals surface area contributed by atoms with E-state index in [4.69, 9.17) is 9.40 Å². The number of hydrogen-bond acceptors (Lipinski definition) is 5. The lowest BCUT2D eigenvalue weighted by Crippen LogP contribution is -2.11. The van der Waals surface area contributed by atoms with Crippen LogP contribution in [0.15, 0.2) is 205 Å².